The smallest absolute Gasteiger partial charge is 0.335 e. The minimum atomic E-state index is -0.948. The van der Waals surface area contributed by atoms with Gasteiger partial charge < -0.3 is 14.7 Å². The van der Waals surface area contributed by atoms with Crippen LogP contribution in [0.25, 0.3) is 0 Å². The van der Waals surface area contributed by atoms with Crippen molar-refractivity contribution in [2.45, 2.75) is 25.5 Å². The molecule has 0 aliphatic carbocycles. The molecule has 1 N–H and O–H groups in total. The Kier molecular flexibility index (Phi) is 3.49. The lowest BCUT2D eigenvalue weighted by Crippen LogP contribution is -2.43. The normalized spacial score (nSPS) is 18.5. The van der Waals surface area contributed by atoms with Crippen molar-refractivity contribution in [2.24, 2.45) is 0 Å². The summed E-state index contributed by atoms with van der Waals surface area (Å²) in [5.74, 6) is -0.199. The molecule has 0 spiro atoms. The third-order valence-electron chi connectivity index (χ3n) is 4.70. The van der Waals surface area contributed by atoms with E-state index in [2.05, 4.69) is 0 Å². The second kappa shape index (κ2) is 5.67. The molecule has 0 bridgehead atoms. The van der Waals surface area contributed by atoms with Crippen LogP contribution in [-0.4, -0.2) is 34.5 Å². The van der Waals surface area contributed by atoms with Gasteiger partial charge in [0.25, 0.3) is 5.91 Å². The molecule has 2 aromatic carbocycles. The molecule has 5 nitrogen and oxygen atoms in total. The van der Waals surface area contributed by atoms with Crippen LogP contribution in [0.4, 0.5) is 0 Å². The van der Waals surface area contributed by atoms with Gasteiger partial charge in [0.15, 0.2) is 6.10 Å². The van der Waals surface area contributed by atoms with E-state index < -0.39 is 12.1 Å². The number of carboxylic acid groups (broad SMARTS) is 1. The zero-order valence-electron chi connectivity index (χ0n) is 13.1. The fourth-order valence-corrected chi connectivity index (χ4v) is 3.40. The zero-order chi connectivity index (χ0) is 16.7. The number of aromatic carboxylic acids is 1. The topological polar surface area (TPSA) is 66.8 Å². The molecule has 0 radical (unpaired) electrons. The molecule has 0 saturated heterocycles. The zero-order valence-corrected chi connectivity index (χ0v) is 13.1. The Labute approximate surface area is 139 Å². The molecule has 1 amide bonds. The molecule has 24 heavy (non-hydrogen) atoms. The Morgan fingerprint density at radius 3 is 2.71 bits per heavy atom. The molecule has 2 aromatic rings. The summed E-state index contributed by atoms with van der Waals surface area (Å²) in [5.41, 5.74) is 3.33. The third kappa shape index (κ3) is 2.52. The molecule has 0 saturated carbocycles. The molecule has 2 aliphatic rings. The number of ether oxygens (including phenoxy) is 1. The first kappa shape index (κ1) is 14.8. The number of carbonyl (C=O) groups is 2. The van der Waals surface area contributed by atoms with E-state index in [-0.39, 0.29) is 11.5 Å². The van der Waals surface area contributed by atoms with E-state index in [0.29, 0.717) is 19.5 Å². The largest absolute Gasteiger partial charge is 0.480 e. The molecule has 4 rings (SSSR count). The van der Waals surface area contributed by atoms with Gasteiger partial charge in [-0.2, -0.15) is 0 Å². The van der Waals surface area contributed by atoms with Crippen LogP contribution < -0.4 is 4.74 Å². The molecule has 1 unspecified atom stereocenters. The first-order chi connectivity index (χ1) is 11.6. The van der Waals surface area contributed by atoms with Crippen molar-refractivity contribution in [1.29, 1.82) is 0 Å². The standard InChI is InChI=1S/C19H17NO4/c21-18(17-10-13-3-1-2-4-16(13)24-17)20-8-7-12-5-6-14(19(22)23)9-15(12)11-20/h1-6,9,17H,7-8,10-11H2,(H,22,23). The minimum Gasteiger partial charge on any atom is -0.480 e. The summed E-state index contributed by atoms with van der Waals surface area (Å²) in [6, 6.07) is 12.8. The highest BCUT2D eigenvalue weighted by atomic mass is 16.5. The van der Waals surface area contributed by atoms with E-state index >= 15 is 0 Å². The first-order valence-corrected chi connectivity index (χ1v) is 8.00. The highest BCUT2D eigenvalue weighted by Crippen LogP contribution is 2.30. The summed E-state index contributed by atoms with van der Waals surface area (Å²) < 4.78 is 5.79. The molecule has 122 valence electrons. The van der Waals surface area contributed by atoms with E-state index in [0.717, 1.165) is 28.9 Å². The number of hydrogen-bond donors (Lipinski definition) is 1. The summed E-state index contributed by atoms with van der Waals surface area (Å²) in [7, 11) is 0. The van der Waals surface area contributed by atoms with Gasteiger partial charge in [-0.3, -0.25) is 4.79 Å². The molecule has 2 heterocycles. The second-order valence-corrected chi connectivity index (χ2v) is 6.22. The van der Waals surface area contributed by atoms with Crippen LogP contribution in [0.3, 0.4) is 0 Å². The Hall–Kier alpha value is -2.82. The van der Waals surface area contributed by atoms with Gasteiger partial charge in [-0.15, -0.1) is 0 Å². The number of benzene rings is 2. The van der Waals surface area contributed by atoms with Crippen LogP contribution in [0.2, 0.25) is 0 Å². The monoisotopic (exact) mass is 323 g/mol. The van der Waals surface area contributed by atoms with Crippen LogP contribution in [0.15, 0.2) is 42.5 Å². The minimum absolute atomic E-state index is 0.0300. The maximum absolute atomic E-state index is 12.8. The van der Waals surface area contributed by atoms with Crippen molar-refractivity contribution < 1.29 is 19.4 Å². The quantitative estimate of drug-likeness (QED) is 0.921. The Balaban J connectivity index is 1.51. The SMILES string of the molecule is O=C(O)c1ccc2c(c1)CN(C(=O)C1Cc3ccccc3O1)CC2. The molecule has 0 aromatic heterocycles. The van der Waals surface area contributed by atoms with Gasteiger partial charge in [-0.05, 0) is 41.3 Å². The van der Waals surface area contributed by atoms with Gasteiger partial charge in [0.05, 0.1) is 5.56 Å². The fraction of sp³-hybridized carbons (Fsp3) is 0.263. The van der Waals surface area contributed by atoms with E-state index in [4.69, 9.17) is 9.84 Å². The molecular formula is C19H17NO4. The number of carboxylic acids is 1. The van der Waals surface area contributed by atoms with E-state index in [1.807, 2.05) is 30.3 Å². The van der Waals surface area contributed by atoms with Gasteiger partial charge in [-0.25, -0.2) is 4.79 Å². The van der Waals surface area contributed by atoms with Crippen molar-refractivity contribution >= 4 is 11.9 Å². The number of hydrogen-bond acceptors (Lipinski definition) is 3. The number of nitrogens with zero attached hydrogens (tertiary/aromatic N) is 1. The number of carbonyl (C=O) groups excluding carboxylic acids is 1. The summed E-state index contributed by atoms with van der Waals surface area (Å²) in [6.45, 7) is 1.07. The molecular weight excluding hydrogens is 306 g/mol. The van der Waals surface area contributed by atoms with Crippen LogP contribution in [-0.2, 0) is 24.2 Å². The second-order valence-electron chi connectivity index (χ2n) is 6.22. The van der Waals surface area contributed by atoms with Gasteiger partial charge >= 0.3 is 5.97 Å². The lowest BCUT2D eigenvalue weighted by Gasteiger charge is -2.30. The maximum Gasteiger partial charge on any atom is 0.335 e. The maximum atomic E-state index is 12.8. The van der Waals surface area contributed by atoms with Crippen LogP contribution in [0.1, 0.15) is 27.0 Å². The van der Waals surface area contributed by atoms with Crippen molar-refractivity contribution in [3.05, 3.63) is 64.7 Å². The summed E-state index contributed by atoms with van der Waals surface area (Å²) in [5, 5.41) is 9.13. The van der Waals surface area contributed by atoms with Crippen molar-refractivity contribution in [1.82, 2.24) is 4.90 Å². The molecule has 5 heteroatoms. The Bertz CT molecular complexity index is 805. The predicted octanol–water partition coefficient (Wildman–Crippen LogP) is 2.27. The lowest BCUT2D eigenvalue weighted by molar-refractivity contribution is -0.138. The van der Waals surface area contributed by atoms with E-state index in [1.54, 1.807) is 17.0 Å². The summed E-state index contributed by atoms with van der Waals surface area (Å²) >= 11 is 0. The van der Waals surface area contributed by atoms with Gasteiger partial charge in [0, 0.05) is 19.5 Å². The fourth-order valence-electron chi connectivity index (χ4n) is 3.40. The van der Waals surface area contributed by atoms with Crippen LogP contribution >= 0.6 is 0 Å². The molecule has 2 aliphatic heterocycles. The van der Waals surface area contributed by atoms with Crippen molar-refractivity contribution in [3.63, 3.8) is 0 Å². The van der Waals surface area contributed by atoms with E-state index in [1.165, 1.54) is 0 Å². The van der Waals surface area contributed by atoms with E-state index in [9.17, 15) is 9.59 Å². The van der Waals surface area contributed by atoms with Crippen LogP contribution in [0.5, 0.6) is 5.75 Å². The lowest BCUT2D eigenvalue weighted by atomic mass is 9.97. The first-order valence-electron chi connectivity index (χ1n) is 8.00. The summed E-state index contributed by atoms with van der Waals surface area (Å²) in [6.07, 6.45) is 0.848. The average Bonchev–Trinajstić information content (AvgIpc) is 3.04. The Morgan fingerprint density at radius 2 is 1.92 bits per heavy atom. The number of para-hydroxylation sites is 1. The third-order valence-corrected chi connectivity index (χ3v) is 4.70. The van der Waals surface area contributed by atoms with Gasteiger partial charge in [0.2, 0.25) is 0 Å². The Morgan fingerprint density at radius 1 is 1.08 bits per heavy atom. The van der Waals surface area contributed by atoms with Crippen molar-refractivity contribution in [3.8, 4) is 5.75 Å². The number of rotatable bonds is 2. The van der Waals surface area contributed by atoms with Gasteiger partial charge in [-0.1, -0.05) is 24.3 Å². The highest BCUT2D eigenvalue weighted by Gasteiger charge is 2.33. The molecule has 0 fully saturated rings. The van der Waals surface area contributed by atoms with Crippen molar-refractivity contribution in [2.75, 3.05) is 6.54 Å². The predicted molar refractivity (Wildman–Crippen MR) is 87.1 cm³/mol. The molecule has 1 atom stereocenters. The number of fused-ring (bicyclic) bond motifs is 2. The average molecular weight is 323 g/mol. The van der Waals surface area contributed by atoms with Gasteiger partial charge in [0.1, 0.15) is 5.75 Å². The highest BCUT2D eigenvalue weighted by molar-refractivity contribution is 5.88. The number of amides is 1. The summed E-state index contributed by atoms with van der Waals surface area (Å²) in [4.78, 5) is 25.7. The van der Waals surface area contributed by atoms with Crippen LogP contribution in [0, 0.1) is 0 Å².